The van der Waals surface area contributed by atoms with E-state index in [9.17, 15) is 18.4 Å². The van der Waals surface area contributed by atoms with Gasteiger partial charge in [0.1, 0.15) is 0 Å². The van der Waals surface area contributed by atoms with Gasteiger partial charge in [-0.25, -0.2) is 4.79 Å². The van der Waals surface area contributed by atoms with Gasteiger partial charge in [-0.15, -0.1) is 0 Å². The highest BCUT2D eigenvalue weighted by Crippen LogP contribution is 2.19. The molecule has 0 atom stereocenters. The summed E-state index contributed by atoms with van der Waals surface area (Å²) in [5.74, 6) is -8.02. The van der Waals surface area contributed by atoms with Crippen molar-refractivity contribution in [2.24, 2.45) is 5.92 Å². The smallest absolute Gasteiger partial charge is 0.399 e. The zero-order valence-corrected chi connectivity index (χ0v) is 7.51. The van der Waals surface area contributed by atoms with Crippen molar-refractivity contribution in [3.05, 3.63) is 0 Å². The van der Waals surface area contributed by atoms with Crippen molar-refractivity contribution in [3.63, 3.8) is 0 Å². The van der Waals surface area contributed by atoms with Gasteiger partial charge in [0.05, 0.1) is 0 Å². The van der Waals surface area contributed by atoms with Crippen LogP contribution < -0.4 is 0 Å². The lowest BCUT2D eigenvalue weighted by Crippen LogP contribution is -2.37. The van der Waals surface area contributed by atoms with Crippen LogP contribution >= 0.6 is 0 Å². The summed E-state index contributed by atoms with van der Waals surface area (Å²) < 4.78 is 24.9. The molecule has 0 aromatic heterocycles. The minimum atomic E-state index is -4.23. The Morgan fingerprint density at radius 3 is 2.15 bits per heavy atom. The van der Waals surface area contributed by atoms with Crippen molar-refractivity contribution in [1.29, 1.82) is 0 Å². The van der Waals surface area contributed by atoms with E-state index in [4.69, 9.17) is 5.11 Å². The van der Waals surface area contributed by atoms with Gasteiger partial charge < -0.3 is 5.11 Å². The maximum atomic E-state index is 12.4. The number of carboxylic acid groups (broad SMARTS) is 1. The third-order valence-electron chi connectivity index (χ3n) is 1.57. The number of carbonyl (C=O) groups excluding carboxylic acids is 1. The van der Waals surface area contributed by atoms with Crippen molar-refractivity contribution in [2.75, 3.05) is 0 Å². The van der Waals surface area contributed by atoms with Crippen LogP contribution in [-0.4, -0.2) is 22.8 Å². The number of halogens is 2. The Labute approximate surface area is 74.7 Å². The number of hydrogen-bond donors (Lipinski definition) is 1. The normalized spacial score (nSPS) is 11.8. The van der Waals surface area contributed by atoms with Gasteiger partial charge in [-0.3, -0.25) is 4.79 Å². The highest BCUT2D eigenvalue weighted by Gasteiger charge is 2.46. The average Bonchev–Trinajstić information content (AvgIpc) is 1.99. The van der Waals surface area contributed by atoms with Crippen molar-refractivity contribution >= 4 is 11.8 Å². The van der Waals surface area contributed by atoms with Crippen LogP contribution in [0.4, 0.5) is 8.78 Å². The topological polar surface area (TPSA) is 54.4 Å². The summed E-state index contributed by atoms with van der Waals surface area (Å²) in [6, 6.07) is 0. The Morgan fingerprint density at radius 2 is 1.85 bits per heavy atom. The average molecular weight is 194 g/mol. The van der Waals surface area contributed by atoms with E-state index in [0.717, 1.165) is 0 Å². The highest BCUT2D eigenvalue weighted by atomic mass is 19.3. The Balaban J connectivity index is 4.18. The summed E-state index contributed by atoms with van der Waals surface area (Å²) in [6.07, 6.45) is -0.112. The summed E-state index contributed by atoms with van der Waals surface area (Å²) in [5, 5.41) is 8.01. The predicted octanol–water partition coefficient (Wildman–Crippen LogP) is 1.71. The molecule has 0 bridgehead atoms. The molecule has 0 saturated heterocycles. The van der Waals surface area contributed by atoms with Gasteiger partial charge in [-0.2, -0.15) is 8.78 Å². The summed E-state index contributed by atoms with van der Waals surface area (Å²) in [4.78, 5) is 20.6. The second-order valence-corrected chi connectivity index (χ2v) is 3.24. The number of rotatable bonds is 5. The summed E-state index contributed by atoms with van der Waals surface area (Å²) in [7, 11) is 0. The maximum absolute atomic E-state index is 12.4. The van der Waals surface area contributed by atoms with E-state index in [2.05, 4.69) is 0 Å². The standard InChI is InChI=1S/C8H12F2O3/c1-5(2)3-4-6(11)8(9,10)7(12)13/h5H,3-4H2,1-2H3,(H,12,13). The minimum absolute atomic E-state index is 0.105. The van der Waals surface area contributed by atoms with Gasteiger partial charge in [0.25, 0.3) is 0 Å². The number of carbonyl (C=O) groups is 2. The molecular formula is C8H12F2O3. The molecule has 0 radical (unpaired) electrons. The molecule has 1 N–H and O–H groups in total. The lowest BCUT2D eigenvalue weighted by atomic mass is 10.0. The largest absolute Gasteiger partial charge is 0.476 e. The number of ketones is 1. The molecule has 0 unspecified atom stereocenters. The Morgan fingerprint density at radius 1 is 1.38 bits per heavy atom. The molecule has 76 valence electrons. The van der Waals surface area contributed by atoms with Crippen LogP contribution in [-0.2, 0) is 9.59 Å². The van der Waals surface area contributed by atoms with Crippen LogP contribution in [0.15, 0.2) is 0 Å². The summed E-state index contributed by atoms with van der Waals surface area (Å²) in [6.45, 7) is 3.54. The second kappa shape index (κ2) is 4.30. The quantitative estimate of drug-likeness (QED) is 0.678. The predicted molar refractivity (Wildman–Crippen MR) is 41.7 cm³/mol. The van der Waals surface area contributed by atoms with Crippen LogP contribution in [0.2, 0.25) is 0 Å². The fourth-order valence-corrected chi connectivity index (χ4v) is 0.696. The highest BCUT2D eigenvalue weighted by molar-refractivity contribution is 6.04. The molecule has 5 heteroatoms. The van der Waals surface area contributed by atoms with Crippen LogP contribution in [0, 0.1) is 5.92 Å². The fourth-order valence-electron chi connectivity index (χ4n) is 0.696. The van der Waals surface area contributed by atoms with Gasteiger partial charge in [0.2, 0.25) is 5.78 Å². The first-order valence-electron chi connectivity index (χ1n) is 3.93. The van der Waals surface area contributed by atoms with Crippen LogP contribution in [0.3, 0.4) is 0 Å². The number of aliphatic carboxylic acids is 1. The summed E-state index contributed by atoms with van der Waals surface area (Å²) in [5.41, 5.74) is 0. The van der Waals surface area contributed by atoms with Crippen molar-refractivity contribution < 1.29 is 23.5 Å². The van der Waals surface area contributed by atoms with Crippen molar-refractivity contribution in [3.8, 4) is 0 Å². The van der Waals surface area contributed by atoms with Gasteiger partial charge in [-0.1, -0.05) is 13.8 Å². The lowest BCUT2D eigenvalue weighted by Gasteiger charge is -2.10. The van der Waals surface area contributed by atoms with E-state index in [1.54, 1.807) is 13.8 Å². The zero-order valence-electron chi connectivity index (χ0n) is 7.51. The molecule has 0 saturated carbocycles. The van der Waals surface area contributed by atoms with Crippen LogP contribution in [0.5, 0.6) is 0 Å². The lowest BCUT2D eigenvalue weighted by molar-refractivity contribution is -0.171. The van der Waals surface area contributed by atoms with E-state index in [0.29, 0.717) is 0 Å². The third-order valence-corrected chi connectivity index (χ3v) is 1.57. The first-order chi connectivity index (χ1) is 5.78. The number of hydrogen-bond acceptors (Lipinski definition) is 2. The minimum Gasteiger partial charge on any atom is -0.476 e. The number of carboxylic acids is 1. The molecule has 0 fully saturated rings. The Bertz CT molecular complexity index is 211. The van der Waals surface area contributed by atoms with Crippen LogP contribution in [0.25, 0.3) is 0 Å². The van der Waals surface area contributed by atoms with E-state index in [1.807, 2.05) is 0 Å². The van der Waals surface area contributed by atoms with Gasteiger partial charge in [-0.05, 0) is 12.3 Å². The molecule has 0 aliphatic heterocycles. The van der Waals surface area contributed by atoms with Crippen LogP contribution in [0.1, 0.15) is 26.7 Å². The molecule has 0 aromatic carbocycles. The molecule has 13 heavy (non-hydrogen) atoms. The Hall–Kier alpha value is -1.00. The van der Waals surface area contributed by atoms with Crippen molar-refractivity contribution in [1.82, 2.24) is 0 Å². The van der Waals surface area contributed by atoms with Gasteiger partial charge in [0.15, 0.2) is 0 Å². The SMILES string of the molecule is CC(C)CCC(=O)C(F)(F)C(=O)O. The number of alkyl halides is 2. The first-order valence-corrected chi connectivity index (χ1v) is 3.93. The van der Waals surface area contributed by atoms with Gasteiger partial charge in [0, 0.05) is 6.42 Å². The maximum Gasteiger partial charge on any atom is 0.399 e. The third kappa shape index (κ3) is 3.48. The molecule has 0 heterocycles. The van der Waals surface area contributed by atoms with E-state index in [1.165, 1.54) is 0 Å². The van der Waals surface area contributed by atoms with Crippen molar-refractivity contribution in [2.45, 2.75) is 32.6 Å². The van der Waals surface area contributed by atoms with E-state index < -0.39 is 24.1 Å². The second-order valence-electron chi connectivity index (χ2n) is 3.24. The Kier molecular flexibility index (Phi) is 3.97. The molecular weight excluding hydrogens is 182 g/mol. The first kappa shape index (κ1) is 12.0. The van der Waals surface area contributed by atoms with Gasteiger partial charge >= 0.3 is 11.9 Å². The number of Topliss-reactive ketones (excluding diaryl/α,β-unsaturated/α-hetero) is 1. The molecule has 0 rings (SSSR count). The molecule has 3 nitrogen and oxygen atoms in total. The fraction of sp³-hybridized carbons (Fsp3) is 0.750. The molecule has 0 aliphatic rings. The molecule has 0 aliphatic carbocycles. The molecule has 0 spiro atoms. The monoisotopic (exact) mass is 194 g/mol. The zero-order chi connectivity index (χ0) is 10.6. The summed E-state index contributed by atoms with van der Waals surface area (Å²) >= 11 is 0. The van der Waals surface area contributed by atoms with E-state index in [-0.39, 0.29) is 12.3 Å². The van der Waals surface area contributed by atoms with E-state index >= 15 is 0 Å². The molecule has 0 aromatic rings. The molecule has 0 amide bonds.